The van der Waals surface area contributed by atoms with E-state index in [2.05, 4.69) is 17.3 Å². The molecule has 1 amide bonds. The van der Waals surface area contributed by atoms with Crippen LogP contribution in [0.4, 0.5) is 0 Å². The lowest BCUT2D eigenvalue weighted by molar-refractivity contribution is 0.0809. The number of rotatable bonds is 5. The third-order valence-corrected chi connectivity index (χ3v) is 3.78. The van der Waals surface area contributed by atoms with Crippen molar-refractivity contribution >= 4 is 16.8 Å². The van der Waals surface area contributed by atoms with Crippen molar-refractivity contribution in [1.82, 2.24) is 9.88 Å². The van der Waals surface area contributed by atoms with Gasteiger partial charge in [-0.1, -0.05) is 36.9 Å². The van der Waals surface area contributed by atoms with Gasteiger partial charge in [0.1, 0.15) is 11.4 Å². The molecule has 0 saturated carbocycles. The van der Waals surface area contributed by atoms with Crippen LogP contribution in [0, 0.1) is 0 Å². The number of methoxy groups -OCH3 is 1. The molecule has 0 fully saturated rings. The Kier molecular flexibility index (Phi) is 4.50. The summed E-state index contributed by atoms with van der Waals surface area (Å²) < 4.78 is 5.16. The van der Waals surface area contributed by atoms with Crippen molar-refractivity contribution in [3.05, 3.63) is 84.4 Å². The minimum absolute atomic E-state index is 0.127. The van der Waals surface area contributed by atoms with Crippen molar-refractivity contribution in [1.29, 1.82) is 0 Å². The van der Waals surface area contributed by atoms with Gasteiger partial charge in [-0.2, -0.15) is 0 Å². The van der Waals surface area contributed by atoms with Gasteiger partial charge in [0.05, 0.1) is 13.7 Å². The molecule has 0 aliphatic carbocycles. The first-order chi connectivity index (χ1) is 11.7. The molecular formula is C20H18N2O2. The number of aromatic nitrogens is 1. The standard InChI is InChI=1S/C20H18N2O2/c1-3-12-22(14-15-8-10-17(24-2)11-9-15)20(23)19-13-16-6-4-5-7-18(16)21-19/h4-13,21H,1,14H2,2H3. The van der Waals surface area contributed by atoms with Gasteiger partial charge in [-0.15, -0.1) is 5.73 Å². The lowest BCUT2D eigenvalue weighted by Crippen LogP contribution is -2.25. The maximum absolute atomic E-state index is 12.8. The van der Waals surface area contributed by atoms with Crippen LogP contribution in [-0.2, 0) is 6.54 Å². The number of nitrogens with one attached hydrogen (secondary N) is 1. The molecule has 1 aromatic heterocycles. The monoisotopic (exact) mass is 318 g/mol. The summed E-state index contributed by atoms with van der Waals surface area (Å²) in [5, 5.41) is 1.01. The Bertz CT molecular complexity index is 870. The number of carbonyl (C=O) groups is 1. The predicted octanol–water partition coefficient (Wildman–Crippen LogP) is 4.12. The highest BCUT2D eigenvalue weighted by molar-refractivity contribution is 5.98. The van der Waals surface area contributed by atoms with Gasteiger partial charge in [0.2, 0.25) is 0 Å². The van der Waals surface area contributed by atoms with Crippen molar-refractivity contribution in [3.63, 3.8) is 0 Å². The highest BCUT2D eigenvalue weighted by Gasteiger charge is 2.16. The van der Waals surface area contributed by atoms with Gasteiger partial charge in [0.25, 0.3) is 5.91 Å². The fraction of sp³-hybridized carbons (Fsp3) is 0.100. The minimum Gasteiger partial charge on any atom is -0.497 e. The van der Waals surface area contributed by atoms with E-state index in [1.165, 1.54) is 0 Å². The highest BCUT2D eigenvalue weighted by atomic mass is 16.5. The smallest absolute Gasteiger partial charge is 0.275 e. The van der Waals surface area contributed by atoms with E-state index in [1.54, 1.807) is 18.2 Å². The third kappa shape index (κ3) is 3.24. The number of benzene rings is 2. The van der Waals surface area contributed by atoms with Gasteiger partial charge in [0.15, 0.2) is 0 Å². The van der Waals surface area contributed by atoms with Crippen LogP contribution >= 0.6 is 0 Å². The average Bonchev–Trinajstić information content (AvgIpc) is 3.05. The van der Waals surface area contributed by atoms with Crippen molar-refractivity contribution in [3.8, 4) is 5.75 Å². The van der Waals surface area contributed by atoms with Crippen molar-refractivity contribution in [2.24, 2.45) is 0 Å². The minimum atomic E-state index is -0.127. The van der Waals surface area contributed by atoms with Crippen LogP contribution < -0.4 is 4.74 Å². The Morgan fingerprint density at radius 3 is 2.67 bits per heavy atom. The molecule has 3 rings (SSSR count). The Morgan fingerprint density at radius 2 is 2.00 bits per heavy atom. The Balaban J connectivity index is 1.86. The lowest BCUT2D eigenvalue weighted by Gasteiger charge is -2.17. The van der Waals surface area contributed by atoms with E-state index in [0.717, 1.165) is 22.2 Å². The second-order valence-electron chi connectivity index (χ2n) is 5.38. The summed E-state index contributed by atoms with van der Waals surface area (Å²) >= 11 is 0. The molecule has 4 heteroatoms. The molecular weight excluding hydrogens is 300 g/mol. The average molecular weight is 318 g/mol. The van der Waals surface area contributed by atoms with Gasteiger partial charge in [-0.25, -0.2) is 0 Å². The Morgan fingerprint density at radius 1 is 1.25 bits per heavy atom. The number of nitrogens with zero attached hydrogens (tertiary/aromatic N) is 1. The van der Waals surface area contributed by atoms with Crippen LogP contribution in [0.15, 0.2) is 73.1 Å². The largest absolute Gasteiger partial charge is 0.497 e. The second kappa shape index (κ2) is 6.90. The van der Waals surface area contributed by atoms with Crippen LogP contribution in [0.25, 0.3) is 10.9 Å². The van der Waals surface area contributed by atoms with E-state index >= 15 is 0 Å². The fourth-order valence-electron chi connectivity index (χ4n) is 2.56. The quantitative estimate of drug-likeness (QED) is 0.719. The molecule has 24 heavy (non-hydrogen) atoms. The molecule has 0 saturated heterocycles. The number of carbonyl (C=O) groups excluding carboxylic acids is 1. The summed E-state index contributed by atoms with van der Waals surface area (Å²) in [5.41, 5.74) is 5.15. The zero-order valence-corrected chi connectivity index (χ0v) is 13.5. The van der Waals surface area contributed by atoms with Crippen molar-refractivity contribution in [2.45, 2.75) is 6.54 Å². The number of aromatic amines is 1. The topological polar surface area (TPSA) is 45.3 Å². The van der Waals surface area contributed by atoms with Crippen molar-refractivity contribution < 1.29 is 9.53 Å². The Hall–Kier alpha value is -3.23. The molecule has 0 aliphatic rings. The number of amides is 1. The third-order valence-electron chi connectivity index (χ3n) is 3.78. The second-order valence-corrected chi connectivity index (χ2v) is 5.38. The normalized spacial score (nSPS) is 10.2. The Labute approximate surface area is 140 Å². The van der Waals surface area contributed by atoms with Gasteiger partial charge < -0.3 is 14.6 Å². The molecule has 0 unspecified atom stereocenters. The van der Waals surface area contributed by atoms with E-state index in [1.807, 2.05) is 54.6 Å². The zero-order valence-electron chi connectivity index (χ0n) is 13.5. The summed E-state index contributed by atoms with van der Waals surface area (Å²) in [7, 11) is 1.63. The maximum atomic E-state index is 12.8. The molecule has 120 valence electrons. The van der Waals surface area contributed by atoms with Crippen LogP contribution in [0.2, 0.25) is 0 Å². The maximum Gasteiger partial charge on any atom is 0.275 e. The van der Waals surface area contributed by atoms with Gasteiger partial charge in [-0.3, -0.25) is 4.79 Å². The molecule has 1 heterocycles. The number of para-hydroxylation sites is 1. The molecule has 0 spiro atoms. The van der Waals surface area contributed by atoms with E-state index in [9.17, 15) is 4.79 Å². The number of hydrogen-bond acceptors (Lipinski definition) is 2. The van der Waals surface area contributed by atoms with E-state index < -0.39 is 0 Å². The molecule has 0 radical (unpaired) electrons. The summed E-state index contributed by atoms with van der Waals surface area (Å²) in [6, 6.07) is 17.3. The summed E-state index contributed by atoms with van der Waals surface area (Å²) in [6.45, 7) is 4.01. The molecule has 0 bridgehead atoms. The number of fused-ring (bicyclic) bond motifs is 1. The lowest BCUT2D eigenvalue weighted by atomic mass is 10.2. The van der Waals surface area contributed by atoms with E-state index in [4.69, 9.17) is 4.74 Å². The van der Waals surface area contributed by atoms with E-state index in [-0.39, 0.29) is 5.91 Å². The van der Waals surface area contributed by atoms with Crippen LogP contribution in [0.5, 0.6) is 5.75 Å². The molecule has 2 aromatic carbocycles. The van der Waals surface area contributed by atoms with Gasteiger partial charge in [0, 0.05) is 17.1 Å². The van der Waals surface area contributed by atoms with E-state index in [0.29, 0.717) is 12.2 Å². The predicted molar refractivity (Wildman–Crippen MR) is 94.9 cm³/mol. The number of hydrogen-bond donors (Lipinski definition) is 1. The molecule has 1 N–H and O–H groups in total. The van der Waals surface area contributed by atoms with Gasteiger partial charge in [-0.05, 0) is 29.8 Å². The number of H-pyrrole nitrogens is 1. The van der Waals surface area contributed by atoms with Crippen LogP contribution in [-0.4, -0.2) is 22.9 Å². The number of ether oxygens (including phenoxy) is 1. The summed E-state index contributed by atoms with van der Waals surface area (Å²) in [5.74, 6) is 0.657. The van der Waals surface area contributed by atoms with Crippen molar-refractivity contribution in [2.75, 3.05) is 7.11 Å². The summed E-state index contributed by atoms with van der Waals surface area (Å²) in [6.07, 6.45) is 1.57. The first-order valence-electron chi connectivity index (χ1n) is 7.59. The first kappa shape index (κ1) is 15.7. The first-order valence-corrected chi connectivity index (χ1v) is 7.59. The molecule has 4 nitrogen and oxygen atoms in total. The van der Waals surface area contributed by atoms with Gasteiger partial charge >= 0.3 is 0 Å². The summed E-state index contributed by atoms with van der Waals surface area (Å²) in [4.78, 5) is 17.5. The highest BCUT2D eigenvalue weighted by Crippen LogP contribution is 2.18. The molecule has 0 aliphatic heterocycles. The van der Waals surface area contributed by atoms with Crippen LogP contribution in [0.3, 0.4) is 0 Å². The molecule has 0 atom stereocenters. The zero-order chi connectivity index (χ0) is 16.9. The van der Waals surface area contributed by atoms with Crippen LogP contribution in [0.1, 0.15) is 16.1 Å². The fourth-order valence-corrected chi connectivity index (χ4v) is 2.56. The molecule has 3 aromatic rings. The SMILES string of the molecule is C=C=CN(Cc1ccc(OC)cc1)C(=O)c1cc2ccccc2[nH]1.